The largest absolute Gasteiger partial charge is 0.309 e. The number of hydrogen-bond acceptors (Lipinski definition) is 1. The first-order chi connectivity index (χ1) is 17.8. The zero-order valence-corrected chi connectivity index (χ0v) is 20.3. The zero-order valence-electron chi connectivity index (χ0n) is 19.5. The molecule has 1 nitrogen and oxygen atoms in total. The summed E-state index contributed by atoms with van der Waals surface area (Å²) in [5.41, 5.74) is 8.80. The maximum atomic E-state index is 2.39. The van der Waals surface area contributed by atoms with E-state index in [1.54, 1.807) is 0 Å². The number of benzene rings is 6. The Morgan fingerprint density at radius 1 is 0.472 bits per heavy atom. The predicted molar refractivity (Wildman–Crippen MR) is 153 cm³/mol. The minimum atomic E-state index is 1.19. The van der Waals surface area contributed by atoms with Crippen molar-refractivity contribution >= 4 is 44.3 Å². The monoisotopic (exact) mass is 475 g/mol. The van der Waals surface area contributed by atoms with Crippen LogP contribution in [-0.2, 0) is 0 Å². The van der Waals surface area contributed by atoms with Crippen LogP contribution in [-0.4, -0.2) is 4.57 Å². The molecule has 2 heteroatoms. The van der Waals surface area contributed by atoms with Crippen LogP contribution in [0, 0.1) is 0 Å². The summed E-state index contributed by atoms with van der Waals surface area (Å²) in [5, 5.41) is 5.25. The Morgan fingerprint density at radius 2 is 1.22 bits per heavy atom. The van der Waals surface area contributed by atoms with Crippen molar-refractivity contribution in [2.24, 2.45) is 0 Å². The molecule has 0 N–H and O–H groups in total. The van der Waals surface area contributed by atoms with Crippen molar-refractivity contribution in [1.29, 1.82) is 0 Å². The first-order valence-electron chi connectivity index (χ1n) is 12.3. The highest BCUT2D eigenvalue weighted by Crippen LogP contribution is 2.48. The van der Waals surface area contributed by atoms with Gasteiger partial charge in [0.25, 0.3) is 0 Å². The molecule has 0 radical (unpaired) electrons. The van der Waals surface area contributed by atoms with Gasteiger partial charge in [0, 0.05) is 31.6 Å². The fourth-order valence-corrected chi connectivity index (χ4v) is 6.88. The lowest BCUT2D eigenvalue weighted by molar-refractivity contribution is 1.18. The molecule has 1 aliphatic rings. The lowest BCUT2D eigenvalue weighted by Gasteiger charge is -2.21. The number of para-hydroxylation sites is 2. The molecular weight excluding hydrogens is 454 g/mol. The Labute approximate surface area is 213 Å². The summed E-state index contributed by atoms with van der Waals surface area (Å²) in [6.45, 7) is 0. The molecule has 0 bridgehead atoms. The summed E-state index contributed by atoms with van der Waals surface area (Å²) in [6, 6.07) is 46.5. The van der Waals surface area contributed by atoms with Gasteiger partial charge in [-0.2, -0.15) is 0 Å². The number of rotatable bonds is 2. The first kappa shape index (κ1) is 20.0. The molecule has 168 valence electrons. The van der Waals surface area contributed by atoms with Crippen LogP contribution in [0.15, 0.2) is 137 Å². The molecule has 1 aliphatic heterocycles. The average molecular weight is 476 g/mol. The Morgan fingerprint density at radius 3 is 2.14 bits per heavy atom. The second-order valence-corrected chi connectivity index (χ2v) is 10.5. The Bertz CT molecular complexity index is 1960. The second-order valence-electron chi connectivity index (χ2n) is 9.39. The van der Waals surface area contributed by atoms with Crippen molar-refractivity contribution in [3.8, 4) is 27.9 Å². The average Bonchev–Trinajstić information content (AvgIpc) is 3.27. The lowest BCUT2D eigenvalue weighted by Crippen LogP contribution is -1.94. The van der Waals surface area contributed by atoms with Gasteiger partial charge in [0.05, 0.1) is 11.0 Å². The third-order valence-corrected chi connectivity index (χ3v) is 8.51. The first-order valence-corrected chi connectivity index (χ1v) is 13.1. The summed E-state index contributed by atoms with van der Waals surface area (Å²) in [7, 11) is 0. The molecule has 0 amide bonds. The number of fused-ring (bicyclic) bond motifs is 5. The molecule has 1 aromatic heterocycles. The number of nitrogens with zero attached hydrogens (tertiary/aromatic N) is 1. The molecule has 7 aromatic rings. The molecule has 8 rings (SSSR count). The maximum absolute atomic E-state index is 2.39. The molecule has 0 saturated carbocycles. The van der Waals surface area contributed by atoms with Gasteiger partial charge < -0.3 is 4.57 Å². The van der Waals surface area contributed by atoms with Crippen molar-refractivity contribution in [3.63, 3.8) is 0 Å². The summed E-state index contributed by atoms with van der Waals surface area (Å²) in [4.78, 5) is 2.67. The van der Waals surface area contributed by atoms with Gasteiger partial charge in [0.1, 0.15) is 0 Å². The number of hydrogen-bond donors (Lipinski definition) is 0. The van der Waals surface area contributed by atoms with Crippen LogP contribution < -0.4 is 0 Å². The van der Waals surface area contributed by atoms with E-state index in [0.29, 0.717) is 0 Å². The van der Waals surface area contributed by atoms with Gasteiger partial charge in [-0.15, -0.1) is 0 Å². The highest BCUT2D eigenvalue weighted by molar-refractivity contribution is 7.99. The van der Waals surface area contributed by atoms with E-state index in [4.69, 9.17) is 0 Å². The Hall–Kier alpha value is -4.27. The van der Waals surface area contributed by atoms with Gasteiger partial charge >= 0.3 is 0 Å². The van der Waals surface area contributed by atoms with E-state index in [9.17, 15) is 0 Å². The SMILES string of the molecule is c1ccc(-n2c3ccccc3c3ccc(-c4ccc5c(c4)-c4cccc6cccc(c46)S5)cc32)cc1. The quantitative estimate of drug-likeness (QED) is 0.241. The van der Waals surface area contributed by atoms with Crippen LogP contribution in [0.25, 0.3) is 60.5 Å². The third-order valence-electron chi connectivity index (χ3n) is 7.38. The van der Waals surface area contributed by atoms with E-state index in [1.807, 2.05) is 11.8 Å². The highest BCUT2D eigenvalue weighted by atomic mass is 32.2. The third kappa shape index (κ3) is 2.85. The van der Waals surface area contributed by atoms with E-state index < -0.39 is 0 Å². The van der Waals surface area contributed by atoms with Crippen molar-refractivity contribution in [1.82, 2.24) is 4.57 Å². The van der Waals surface area contributed by atoms with E-state index >= 15 is 0 Å². The van der Waals surface area contributed by atoms with Crippen LogP contribution in [0.4, 0.5) is 0 Å². The van der Waals surface area contributed by atoms with Crippen molar-refractivity contribution in [3.05, 3.63) is 127 Å². The predicted octanol–water partition coefficient (Wildman–Crippen LogP) is 9.74. The summed E-state index contributed by atoms with van der Waals surface area (Å²) >= 11 is 1.88. The summed E-state index contributed by atoms with van der Waals surface area (Å²) in [6.07, 6.45) is 0. The highest BCUT2D eigenvalue weighted by Gasteiger charge is 2.20. The topological polar surface area (TPSA) is 4.93 Å². The van der Waals surface area contributed by atoms with Crippen LogP contribution >= 0.6 is 11.8 Å². The Kier molecular flexibility index (Phi) is 4.22. The second kappa shape index (κ2) is 7.61. The maximum Gasteiger partial charge on any atom is 0.0547 e. The van der Waals surface area contributed by atoms with Gasteiger partial charge in [-0.1, -0.05) is 96.7 Å². The molecule has 6 aromatic carbocycles. The van der Waals surface area contributed by atoms with E-state index in [2.05, 4.69) is 132 Å². The Balaban J connectivity index is 1.36. The van der Waals surface area contributed by atoms with Gasteiger partial charge in [-0.05, 0) is 70.1 Å². The van der Waals surface area contributed by atoms with Crippen LogP contribution in [0.3, 0.4) is 0 Å². The molecular formula is C34H21NS. The van der Waals surface area contributed by atoms with Gasteiger partial charge in [0.2, 0.25) is 0 Å². The molecule has 0 spiro atoms. The van der Waals surface area contributed by atoms with Gasteiger partial charge in [-0.3, -0.25) is 0 Å². The summed E-state index contributed by atoms with van der Waals surface area (Å²) in [5.74, 6) is 0. The molecule has 0 unspecified atom stereocenters. The molecule has 2 heterocycles. The van der Waals surface area contributed by atoms with E-state index in [-0.39, 0.29) is 0 Å². The summed E-state index contributed by atoms with van der Waals surface area (Å²) < 4.78 is 2.39. The van der Waals surface area contributed by atoms with Crippen LogP contribution in [0.1, 0.15) is 0 Å². The standard InChI is InChI=1S/C34H21NS/c1-2-10-25(11-3-1)35-30-14-5-4-12-26(30)27-18-16-24(21-31(27)35)23-17-19-32-29(20-23)28-13-6-8-22-9-7-15-33(36-32)34(22)28/h1-21H. The number of aromatic nitrogens is 1. The lowest BCUT2D eigenvalue weighted by atomic mass is 9.94. The molecule has 0 atom stereocenters. The molecule has 0 aliphatic carbocycles. The van der Waals surface area contributed by atoms with Crippen LogP contribution in [0.2, 0.25) is 0 Å². The van der Waals surface area contributed by atoms with Gasteiger partial charge in [0.15, 0.2) is 0 Å². The minimum absolute atomic E-state index is 1.19. The fraction of sp³-hybridized carbons (Fsp3) is 0. The van der Waals surface area contributed by atoms with Crippen LogP contribution in [0.5, 0.6) is 0 Å². The zero-order chi connectivity index (χ0) is 23.6. The molecule has 0 fully saturated rings. The van der Waals surface area contributed by atoms with Crippen molar-refractivity contribution < 1.29 is 0 Å². The molecule has 36 heavy (non-hydrogen) atoms. The minimum Gasteiger partial charge on any atom is -0.309 e. The van der Waals surface area contributed by atoms with E-state index in [1.165, 1.54) is 70.3 Å². The van der Waals surface area contributed by atoms with Gasteiger partial charge in [-0.25, -0.2) is 0 Å². The smallest absolute Gasteiger partial charge is 0.0547 e. The van der Waals surface area contributed by atoms with Crippen molar-refractivity contribution in [2.45, 2.75) is 9.79 Å². The van der Waals surface area contributed by atoms with E-state index in [0.717, 1.165) is 0 Å². The normalized spacial score (nSPS) is 12.3. The van der Waals surface area contributed by atoms with Crippen molar-refractivity contribution in [2.75, 3.05) is 0 Å². The molecule has 0 saturated heterocycles. The fourth-order valence-electron chi connectivity index (χ4n) is 5.75.